The number of aliphatic hydroxyl groups excluding tert-OH is 1. The molecule has 1 fully saturated rings. The lowest BCUT2D eigenvalue weighted by molar-refractivity contribution is -0.118. The molecule has 1 saturated heterocycles. The molecule has 4 rings (SSSR count). The Morgan fingerprint density at radius 3 is 2.93 bits per heavy atom. The molecule has 0 saturated carbocycles. The summed E-state index contributed by atoms with van der Waals surface area (Å²) in [5.74, 6) is 0.516. The lowest BCUT2D eigenvalue weighted by Crippen LogP contribution is -2.51. The van der Waals surface area contributed by atoms with Crippen molar-refractivity contribution in [2.75, 3.05) is 30.3 Å². The van der Waals surface area contributed by atoms with Crippen LogP contribution in [0.3, 0.4) is 0 Å². The number of piperidine rings is 1. The summed E-state index contributed by atoms with van der Waals surface area (Å²) in [6.45, 7) is 0.634. The van der Waals surface area contributed by atoms with Gasteiger partial charge in [-0.05, 0) is 30.7 Å². The highest BCUT2D eigenvalue weighted by molar-refractivity contribution is 5.99. The minimum absolute atomic E-state index is 0.0675. The zero-order chi connectivity index (χ0) is 18.8. The van der Waals surface area contributed by atoms with E-state index < -0.39 is 6.10 Å². The molecular weight excluding hydrogens is 350 g/mol. The first kappa shape index (κ1) is 17.2. The second-order valence-corrected chi connectivity index (χ2v) is 6.48. The van der Waals surface area contributed by atoms with Crippen molar-refractivity contribution >= 4 is 23.5 Å². The highest BCUT2D eigenvalue weighted by Gasteiger charge is 2.31. The standard InChI is InChI=1S/C18H19N5O4/c24-14-9-23(7-4-12(14)22-18-19-5-1-6-20-18)17(26)11-2-3-13-15(8-11)27-10-16(25)21-13/h1-3,5-6,8,12,14,24H,4,7,9-10H2,(H,21,25)(H,19,20,22). The number of nitrogens with one attached hydrogen (secondary N) is 2. The highest BCUT2D eigenvalue weighted by atomic mass is 16.5. The maximum atomic E-state index is 12.8. The van der Waals surface area contributed by atoms with Crippen molar-refractivity contribution in [2.24, 2.45) is 0 Å². The van der Waals surface area contributed by atoms with Crippen molar-refractivity contribution < 1.29 is 19.4 Å². The minimum Gasteiger partial charge on any atom is -0.482 e. The number of rotatable bonds is 3. The van der Waals surface area contributed by atoms with Gasteiger partial charge in [0.2, 0.25) is 5.95 Å². The maximum Gasteiger partial charge on any atom is 0.262 e. The van der Waals surface area contributed by atoms with Gasteiger partial charge in [-0.1, -0.05) is 0 Å². The van der Waals surface area contributed by atoms with Crippen LogP contribution in [0.1, 0.15) is 16.8 Å². The van der Waals surface area contributed by atoms with E-state index in [0.717, 1.165) is 0 Å². The normalized spacial score (nSPS) is 21.7. The number of β-amino-alcohol motifs (C(OH)–C–C–N with tert-alkyl or cyclic N) is 1. The first-order valence-electron chi connectivity index (χ1n) is 8.68. The van der Waals surface area contributed by atoms with Crippen molar-refractivity contribution in [3.05, 3.63) is 42.2 Å². The minimum atomic E-state index is -0.736. The van der Waals surface area contributed by atoms with Crippen molar-refractivity contribution in [3.63, 3.8) is 0 Å². The Labute approximate surface area is 155 Å². The average Bonchev–Trinajstić information content (AvgIpc) is 2.69. The zero-order valence-corrected chi connectivity index (χ0v) is 14.5. The molecule has 2 atom stereocenters. The fourth-order valence-electron chi connectivity index (χ4n) is 3.21. The Morgan fingerprint density at radius 1 is 1.33 bits per heavy atom. The van der Waals surface area contributed by atoms with Gasteiger partial charge in [0.15, 0.2) is 6.61 Å². The summed E-state index contributed by atoms with van der Waals surface area (Å²) in [6, 6.07) is 6.41. The van der Waals surface area contributed by atoms with Crippen LogP contribution >= 0.6 is 0 Å². The number of likely N-dealkylation sites (tertiary alicyclic amines) is 1. The monoisotopic (exact) mass is 369 g/mol. The smallest absolute Gasteiger partial charge is 0.262 e. The van der Waals surface area contributed by atoms with Crippen LogP contribution < -0.4 is 15.4 Å². The van der Waals surface area contributed by atoms with E-state index in [4.69, 9.17) is 4.74 Å². The van der Waals surface area contributed by atoms with E-state index in [1.807, 2.05) is 0 Å². The van der Waals surface area contributed by atoms with E-state index in [0.29, 0.717) is 35.9 Å². The number of amides is 2. The van der Waals surface area contributed by atoms with Crippen molar-refractivity contribution in [1.82, 2.24) is 14.9 Å². The molecule has 0 radical (unpaired) electrons. The van der Waals surface area contributed by atoms with E-state index >= 15 is 0 Å². The number of benzene rings is 1. The van der Waals surface area contributed by atoms with Crippen molar-refractivity contribution in [1.29, 1.82) is 0 Å². The van der Waals surface area contributed by atoms with Crippen LogP contribution in [-0.2, 0) is 4.79 Å². The third-order valence-corrected chi connectivity index (χ3v) is 4.61. The van der Waals surface area contributed by atoms with Crippen LogP contribution in [0, 0.1) is 0 Å². The number of fused-ring (bicyclic) bond motifs is 1. The van der Waals surface area contributed by atoms with Crippen molar-refractivity contribution in [2.45, 2.75) is 18.6 Å². The van der Waals surface area contributed by atoms with Crippen LogP contribution in [0.4, 0.5) is 11.6 Å². The molecule has 1 aromatic carbocycles. The Balaban J connectivity index is 1.41. The Morgan fingerprint density at radius 2 is 2.15 bits per heavy atom. The highest BCUT2D eigenvalue weighted by Crippen LogP contribution is 2.29. The summed E-state index contributed by atoms with van der Waals surface area (Å²) >= 11 is 0. The maximum absolute atomic E-state index is 12.8. The predicted molar refractivity (Wildman–Crippen MR) is 96.5 cm³/mol. The third-order valence-electron chi connectivity index (χ3n) is 4.61. The van der Waals surface area contributed by atoms with Gasteiger partial charge in [0.25, 0.3) is 11.8 Å². The lowest BCUT2D eigenvalue weighted by Gasteiger charge is -2.36. The third kappa shape index (κ3) is 3.68. The summed E-state index contributed by atoms with van der Waals surface area (Å²) in [5.41, 5.74) is 1.00. The van der Waals surface area contributed by atoms with Gasteiger partial charge in [-0.15, -0.1) is 0 Å². The summed E-state index contributed by atoms with van der Waals surface area (Å²) < 4.78 is 5.36. The first-order valence-corrected chi connectivity index (χ1v) is 8.68. The summed E-state index contributed by atoms with van der Waals surface area (Å²) in [5, 5.41) is 16.2. The topological polar surface area (TPSA) is 117 Å². The number of hydrogen-bond acceptors (Lipinski definition) is 7. The molecular formula is C18H19N5O4. The molecule has 0 aliphatic carbocycles. The zero-order valence-electron chi connectivity index (χ0n) is 14.5. The van der Waals surface area contributed by atoms with Crippen LogP contribution in [0.15, 0.2) is 36.7 Å². The molecule has 0 bridgehead atoms. The fraction of sp³-hybridized carbons (Fsp3) is 0.333. The van der Waals surface area contributed by atoms with Crippen LogP contribution in [0.5, 0.6) is 5.75 Å². The number of carbonyl (C=O) groups excluding carboxylic acids is 2. The van der Waals surface area contributed by atoms with Gasteiger partial charge in [-0.3, -0.25) is 9.59 Å². The van der Waals surface area contributed by atoms with Crippen LogP contribution in [0.2, 0.25) is 0 Å². The quantitative estimate of drug-likeness (QED) is 0.721. The Bertz CT molecular complexity index is 860. The summed E-state index contributed by atoms with van der Waals surface area (Å²) in [7, 11) is 0. The Hall–Kier alpha value is -3.20. The molecule has 1 aromatic heterocycles. The molecule has 2 aromatic rings. The summed E-state index contributed by atoms with van der Waals surface area (Å²) in [4.78, 5) is 33.9. The molecule has 0 spiro atoms. The molecule has 9 heteroatoms. The van der Waals surface area contributed by atoms with Gasteiger partial charge in [0.05, 0.1) is 17.8 Å². The number of aromatic nitrogens is 2. The number of carbonyl (C=O) groups is 2. The number of aliphatic hydroxyl groups is 1. The second-order valence-electron chi connectivity index (χ2n) is 6.48. The number of anilines is 2. The number of nitrogens with zero attached hydrogens (tertiary/aromatic N) is 3. The molecule has 3 heterocycles. The SMILES string of the molecule is O=C1COc2cc(C(=O)N3CCC(Nc4ncccn4)C(O)C3)ccc2N1. The molecule has 3 N–H and O–H groups in total. The Kier molecular flexibility index (Phi) is 4.59. The molecule has 2 amide bonds. The van der Waals surface area contributed by atoms with Gasteiger partial charge < -0.3 is 25.4 Å². The number of ether oxygens (including phenoxy) is 1. The molecule has 2 unspecified atom stereocenters. The van der Waals surface area contributed by atoms with E-state index in [9.17, 15) is 14.7 Å². The van der Waals surface area contributed by atoms with Gasteiger partial charge in [0, 0.05) is 31.0 Å². The van der Waals surface area contributed by atoms with E-state index in [1.54, 1.807) is 41.6 Å². The van der Waals surface area contributed by atoms with E-state index in [2.05, 4.69) is 20.6 Å². The van der Waals surface area contributed by atoms with E-state index in [-0.39, 0.29) is 31.0 Å². The van der Waals surface area contributed by atoms with Gasteiger partial charge >= 0.3 is 0 Å². The molecule has 27 heavy (non-hydrogen) atoms. The van der Waals surface area contributed by atoms with Gasteiger partial charge in [0.1, 0.15) is 5.75 Å². The van der Waals surface area contributed by atoms with Gasteiger partial charge in [-0.25, -0.2) is 9.97 Å². The average molecular weight is 369 g/mol. The van der Waals surface area contributed by atoms with Gasteiger partial charge in [-0.2, -0.15) is 0 Å². The molecule has 2 aliphatic rings. The summed E-state index contributed by atoms with van der Waals surface area (Å²) in [6.07, 6.45) is 3.09. The predicted octanol–water partition coefficient (Wildman–Crippen LogP) is 0.495. The first-order chi connectivity index (χ1) is 13.1. The molecule has 140 valence electrons. The largest absolute Gasteiger partial charge is 0.482 e. The second kappa shape index (κ2) is 7.20. The van der Waals surface area contributed by atoms with Crippen molar-refractivity contribution in [3.8, 4) is 5.75 Å². The molecule has 2 aliphatic heterocycles. The number of hydrogen-bond donors (Lipinski definition) is 3. The fourth-order valence-corrected chi connectivity index (χ4v) is 3.21. The lowest BCUT2D eigenvalue weighted by atomic mass is 10.0. The van der Waals surface area contributed by atoms with E-state index in [1.165, 1.54) is 0 Å². The van der Waals surface area contributed by atoms with Crippen LogP contribution in [-0.4, -0.2) is 63.6 Å². The molecule has 9 nitrogen and oxygen atoms in total. The van der Waals surface area contributed by atoms with Crippen LogP contribution in [0.25, 0.3) is 0 Å².